The van der Waals surface area contributed by atoms with E-state index in [1.807, 2.05) is 4.90 Å². The van der Waals surface area contributed by atoms with Crippen molar-refractivity contribution in [1.82, 2.24) is 20.0 Å². The molecule has 1 aromatic rings. The van der Waals surface area contributed by atoms with Gasteiger partial charge in [-0.3, -0.25) is 4.79 Å². The number of carbonyl (C=O) groups excluding carboxylic acids is 1. The van der Waals surface area contributed by atoms with Gasteiger partial charge < -0.3 is 15.3 Å². The Kier molecular flexibility index (Phi) is 3.24. The van der Waals surface area contributed by atoms with Gasteiger partial charge in [0.05, 0.1) is 20.1 Å². The van der Waals surface area contributed by atoms with E-state index in [0.717, 1.165) is 24.7 Å². The summed E-state index contributed by atoms with van der Waals surface area (Å²) in [6, 6.07) is 0.523. The molecular weight excluding hydrogens is 318 g/mol. The van der Waals surface area contributed by atoms with Gasteiger partial charge in [0.2, 0.25) is 0 Å². The van der Waals surface area contributed by atoms with Crippen molar-refractivity contribution >= 4 is 22.8 Å². The fourth-order valence-corrected chi connectivity index (χ4v) is 5.19. The molecule has 9 heteroatoms. The second kappa shape index (κ2) is 5.07. The minimum Gasteiger partial charge on any atom is -0.477 e. The second-order valence-corrected chi connectivity index (χ2v) is 7.21. The van der Waals surface area contributed by atoms with Crippen molar-refractivity contribution in [1.29, 1.82) is 0 Å². The SMILES string of the molecule is Cn1nc[n+](C)c1C(=O)SC1=C(C(=O)O)N2CC3NCCC1C32. The fourth-order valence-electron chi connectivity index (χ4n) is 3.91. The predicted molar refractivity (Wildman–Crippen MR) is 81.4 cm³/mol. The summed E-state index contributed by atoms with van der Waals surface area (Å²) in [4.78, 5) is 27.1. The van der Waals surface area contributed by atoms with Crippen molar-refractivity contribution in [3.63, 3.8) is 0 Å². The number of aromatic nitrogens is 3. The van der Waals surface area contributed by atoms with Crippen molar-refractivity contribution in [2.45, 2.75) is 18.5 Å². The van der Waals surface area contributed by atoms with Gasteiger partial charge in [0.1, 0.15) is 5.70 Å². The van der Waals surface area contributed by atoms with E-state index in [1.165, 1.54) is 4.68 Å². The first-order chi connectivity index (χ1) is 11.0. The molecule has 2 fully saturated rings. The van der Waals surface area contributed by atoms with Crippen LogP contribution < -0.4 is 9.88 Å². The molecule has 3 aliphatic rings. The Morgan fingerprint density at radius 2 is 2.30 bits per heavy atom. The van der Waals surface area contributed by atoms with Gasteiger partial charge in [-0.1, -0.05) is 0 Å². The number of hydrogen-bond acceptors (Lipinski definition) is 6. The number of nitrogens with one attached hydrogen (secondary N) is 1. The number of carboxylic acids is 1. The van der Waals surface area contributed by atoms with E-state index < -0.39 is 5.97 Å². The molecule has 0 saturated carbocycles. The van der Waals surface area contributed by atoms with Crippen LogP contribution in [-0.4, -0.2) is 56.0 Å². The molecule has 3 aliphatic heterocycles. The van der Waals surface area contributed by atoms with Crippen LogP contribution in [0.25, 0.3) is 0 Å². The van der Waals surface area contributed by atoms with Gasteiger partial charge in [0, 0.05) is 28.5 Å². The van der Waals surface area contributed by atoms with Gasteiger partial charge in [0.25, 0.3) is 11.4 Å². The smallest absolute Gasteiger partial charge is 0.353 e. The molecule has 122 valence electrons. The minimum absolute atomic E-state index is 0.133. The number of nitrogens with zero attached hydrogens (tertiary/aromatic N) is 4. The minimum atomic E-state index is -0.942. The first kappa shape index (κ1) is 14.7. The summed E-state index contributed by atoms with van der Waals surface area (Å²) in [6.07, 6.45) is 2.43. The maximum Gasteiger partial charge on any atom is 0.353 e. The average molecular weight is 336 g/mol. The van der Waals surface area contributed by atoms with E-state index in [9.17, 15) is 14.7 Å². The summed E-state index contributed by atoms with van der Waals surface area (Å²) in [5.41, 5.74) is 0.308. The van der Waals surface area contributed by atoms with Crippen LogP contribution in [0.2, 0.25) is 0 Å². The molecule has 3 atom stereocenters. The van der Waals surface area contributed by atoms with Crippen molar-refractivity contribution in [3.05, 3.63) is 22.8 Å². The summed E-state index contributed by atoms with van der Waals surface area (Å²) in [7, 11) is 3.47. The lowest BCUT2D eigenvalue weighted by atomic mass is 9.83. The number of piperidine rings is 1. The summed E-state index contributed by atoms with van der Waals surface area (Å²) in [5, 5.41) is 16.9. The number of aliphatic carboxylic acids is 1. The molecular formula is C14H18N5O3S+. The third-order valence-electron chi connectivity index (χ3n) is 4.92. The van der Waals surface area contributed by atoms with Crippen molar-refractivity contribution < 1.29 is 19.3 Å². The molecule has 2 saturated heterocycles. The third-order valence-corrected chi connectivity index (χ3v) is 6.01. The summed E-state index contributed by atoms with van der Waals surface area (Å²) in [6.45, 7) is 1.57. The molecule has 2 N–H and O–H groups in total. The fraction of sp³-hybridized carbons (Fsp3) is 0.571. The Labute approximate surface area is 137 Å². The van der Waals surface area contributed by atoms with Gasteiger partial charge in [-0.25, -0.2) is 9.36 Å². The van der Waals surface area contributed by atoms with E-state index in [4.69, 9.17) is 0 Å². The highest BCUT2D eigenvalue weighted by molar-refractivity contribution is 8.17. The molecule has 0 amide bonds. The Morgan fingerprint density at radius 1 is 1.52 bits per heavy atom. The molecule has 23 heavy (non-hydrogen) atoms. The van der Waals surface area contributed by atoms with Crippen molar-refractivity contribution in [2.75, 3.05) is 13.1 Å². The van der Waals surface area contributed by atoms with Crippen LogP contribution >= 0.6 is 11.8 Å². The lowest BCUT2D eigenvalue weighted by Crippen LogP contribution is -2.68. The Hall–Kier alpha value is -1.87. The second-order valence-electron chi connectivity index (χ2n) is 6.20. The number of aryl methyl sites for hydroxylation is 2. The highest BCUT2D eigenvalue weighted by Gasteiger charge is 2.55. The molecule has 0 bridgehead atoms. The first-order valence-corrected chi connectivity index (χ1v) is 8.38. The molecule has 0 aliphatic carbocycles. The largest absolute Gasteiger partial charge is 0.477 e. The number of rotatable bonds is 3. The lowest BCUT2D eigenvalue weighted by Gasteiger charge is -2.51. The normalized spacial score (nSPS) is 28.6. The van der Waals surface area contributed by atoms with Crippen LogP contribution in [0.1, 0.15) is 17.0 Å². The highest BCUT2D eigenvalue weighted by atomic mass is 32.2. The van der Waals surface area contributed by atoms with Gasteiger partial charge in [-0.05, 0) is 24.7 Å². The maximum atomic E-state index is 12.7. The van der Waals surface area contributed by atoms with Gasteiger partial charge in [0.15, 0.2) is 0 Å². The Bertz CT molecular complexity index is 723. The van der Waals surface area contributed by atoms with E-state index in [2.05, 4.69) is 10.4 Å². The quantitative estimate of drug-likeness (QED) is 0.691. The monoisotopic (exact) mass is 336 g/mol. The first-order valence-electron chi connectivity index (χ1n) is 7.56. The van der Waals surface area contributed by atoms with E-state index >= 15 is 0 Å². The van der Waals surface area contributed by atoms with Crippen LogP contribution in [0.5, 0.6) is 0 Å². The zero-order chi connectivity index (χ0) is 16.3. The molecule has 8 nitrogen and oxygen atoms in total. The van der Waals surface area contributed by atoms with Crippen LogP contribution in [0.15, 0.2) is 16.9 Å². The Morgan fingerprint density at radius 3 is 2.96 bits per heavy atom. The number of hydrogen-bond donors (Lipinski definition) is 2. The van der Waals surface area contributed by atoms with Gasteiger partial charge in [-0.15, -0.1) is 4.68 Å². The molecule has 4 heterocycles. The zero-order valence-electron chi connectivity index (χ0n) is 12.9. The van der Waals surface area contributed by atoms with E-state index in [0.29, 0.717) is 29.0 Å². The highest BCUT2D eigenvalue weighted by Crippen LogP contribution is 2.49. The van der Waals surface area contributed by atoms with Gasteiger partial charge >= 0.3 is 11.8 Å². The van der Waals surface area contributed by atoms with Crippen LogP contribution in [0, 0.1) is 5.92 Å². The van der Waals surface area contributed by atoms with Crippen molar-refractivity contribution in [3.8, 4) is 0 Å². The maximum absolute atomic E-state index is 12.7. The van der Waals surface area contributed by atoms with Crippen LogP contribution in [0.4, 0.5) is 0 Å². The average Bonchev–Trinajstić information content (AvgIpc) is 2.95. The predicted octanol–water partition coefficient (Wildman–Crippen LogP) is -0.910. The lowest BCUT2D eigenvalue weighted by molar-refractivity contribution is -0.673. The van der Waals surface area contributed by atoms with Gasteiger partial charge in [-0.2, -0.15) is 0 Å². The molecule has 0 spiro atoms. The molecule has 0 radical (unpaired) electrons. The topological polar surface area (TPSA) is 91.3 Å². The molecule has 3 unspecified atom stereocenters. The van der Waals surface area contributed by atoms with E-state index in [1.54, 1.807) is 25.0 Å². The number of thioether (sulfide) groups is 1. The molecule has 4 rings (SSSR count). The molecule has 1 aromatic heterocycles. The summed E-state index contributed by atoms with van der Waals surface area (Å²) >= 11 is 1.05. The number of carbonyl (C=O) groups is 2. The summed E-state index contributed by atoms with van der Waals surface area (Å²) < 4.78 is 3.18. The third kappa shape index (κ3) is 2.03. The standard InChI is InChI=1S/C14H17N5O3S/c1-17-6-16-18(2)12(17)14(22)23-11-7-3-4-15-8-5-19(9(7)8)10(11)13(20)21/h6-9,15H,3-5H2,1-2H3/p+1. The van der Waals surface area contributed by atoms with Crippen LogP contribution in [-0.2, 0) is 18.9 Å². The zero-order valence-corrected chi connectivity index (χ0v) is 13.7. The van der Waals surface area contributed by atoms with E-state index in [-0.39, 0.29) is 17.1 Å². The molecule has 0 aromatic carbocycles. The van der Waals surface area contributed by atoms with Crippen molar-refractivity contribution in [2.24, 2.45) is 20.0 Å². The van der Waals surface area contributed by atoms with Crippen LogP contribution in [0.3, 0.4) is 0 Å². The summed E-state index contributed by atoms with van der Waals surface area (Å²) in [5.74, 6) is -0.358. The number of carboxylic acid groups (broad SMARTS) is 1. The Balaban J connectivity index is 1.68.